The SMILES string of the molecule is CCCCN(C(=O)c1ccn(C)c(=O)c1)C1CC1. The Bertz CT molecular complexity index is 489. The fourth-order valence-electron chi connectivity index (χ4n) is 2.01. The van der Waals surface area contributed by atoms with Crippen LogP contribution in [0.3, 0.4) is 0 Å². The zero-order chi connectivity index (χ0) is 13.1. The number of nitrogens with zero attached hydrogens (tertiary/aromatic N) is 2. The molecular formula is C14H20N2O2. The zero-order valence-corrected chi connectivity index (χ0v) is 11.1. The lowest BCUT2D eigenvalue weighted by Gasteiger charge is -2.22. The average Bonchev–Trinajstić information content (AvgIpc) is 3.17. The van der Waals surface area contributed by atoms with Crippen LogP contribution in [-0.4, -0.2) is 28.0 Å². The first-order chi connectivity index (χ1) is 8.63. The topological polar surface area (TPSA) is 42.3 Å². The van der Waals surface area contributed by atoms with E-state index in [9.17, 15) is 9.59 Å². The lowest BCUT2D eigenvalue weighted by atomic mass is 10.2. The lowest BCUT2D eigenvalue weighted by Crippen LogP contribution is -2.34. The number of pyridine rings is 1. The minimum atomic E-state index is -0.132. The van der Waals surface area contributed by atoms with Crippen LogP contribution < -0.4 is 5.56 Å². The molecule has 1 fully saturated rings. The lowest BCUT2D eigenvalue weighted by molar-refractivity contribution is 0.0740. The van der Waals surface area contributed by atoms with Crippen LogP contribution in [0, 0.1) is 0 Å². The fraction of sp³-hybridized carbons (Fsp3) is 0.571. The van der Waals surface area contributed by atoms with Gasteiger partial charge in [-0.15, -0.1) is 0 Å². The molecule has 0 saturated heterocycles. The van der Waals surface area contributed by atoms with E-state index in [1.54, 1.807) is 19.3 Å². The maximum absolute atomic E-state index is 12.4. The quantitative estimate of drug-likeness (QED) is 0.797. The molecule has 0 N–H and O–H groups in total. The Kier molecular flexibility index (Phi) is 3.84. The molecular weight excluding hydrogens is 228 g/mol. The van der Waals surface area contributed by atoms with E-state index < -0.39 is 0 Å². The Morgan fingerprint density at radius 1 is 1.50 bits per heavy atom. The molecule has 4 nitrogen and oxygen atoms in total. The minimum absolute atomic E-state index is 0.00338. The number of carbonyl (C=O) groups excluding carboxylic acids is 1. The number of aromatic nitrogens is 1. The van der Waals surface area contributed by atoms with Crippen molar-refractivity contribution in [1.29, 1.82) is 0 Å². The van der Waals surface area contributed by atoms with Gasteiger partial charge in [0, 0.05) is 37.5 Å². The van der Waals surface area contributed by atoms with E-state index in [-0.39, 0.29) is 11.5 Å². The first kappa shape index (κ1) is 12.9. The number of carbonyl (C=O) groups is 1. The van der Waals surface area contributed by atoms with Crippen molar-refractivity contribution in [2.45, 2.75) is 38.6 Å². The Morgan fingerprint density at radius 2 is 2.22 bits per heavy atom. The summed E-state index contributed by atoms with van der Waals surface area (Å²) in [6.45, 7) is 2.92. The molecule has 1 aromatic rings. The Balaban J connectivity index is 2.16. The molecule has 0 aliphatic heterocycles. The first-order valence-electron chi connectivity index (χ1n) is 6.61. The van der Waals surface area contributed by atoms with Gasteiger partial charge in [0.2, 0.25) is 0 Å². The van der Waals surface area contributed by atoms with Gasteiger partial charge in [-0.1, -0.05) is 13.3 Å². The summed E-state index contributed by atoms with van der Waals surface area (Å²) in [5.74, 6) is 0.00338. The molecule has 0 unspecified atom stereocenters. The molecule has 1 amide bonds. The van der Waals surface area contributed by atoms with Gasteiger partial charge < -0.3 is 9.47 Å². The number of aryl methyl sites for hydroxylation is 1. The summed E-state index contributed by atoms with van der Waals surface area (Å²) in [5, 5.41) is 0. The molecule has 1 aromatic heterocycles. The molecule has 0 radical (unpaired) electrons. The van der Waals surface area contributed by atoms with Crippen molar-refractivity contribution in [2.75, 3.05) is 6.54 Å². The van der Waals surface area contributed by atoms with E-state index in [0.717, 1.165) is 32.2 Å². The van der Waals surface area contributed by atoms with E-state index >= 15 is 0 Å². The van der Waals surface area contributed by atoms with Crippen LogP contribution in [0.5, 0.6) is 0 Å². The summed E-state index contributed by atoms with van der Waals surface area (Å²) in [6, 6.07) is 3.56. The standard InChI is InChI=1S/C14H20N2O2/c1-3-4-8-16(12-5-6-12)14(18)11-7-9-15(2)13(17)10-11/h7,9-10,12H,3-6,8H2,1-2H3. The summed E-state index contributed by atoms with van der Waals surface area (Å²) in [4.78, 5) is 25.9. The van der Waals surface area contributed by atoms with Crippen LogP contribution in [0.1, 0.15) is 43.0 Å². The van der Waals surface area contributed by atoms with Crippen LogP contribution in [0.4, 0.5) is 0 Å². The van der Waals surface area contributed by atoms with Crippen LogP contribution in [0.15, 0.2) is 23.1 Å². The molecule has 1 aliphatic rings. The van der Waals surface area contributed by atoms with Gasteiger partial charge >= 0.3 is 0 Å². The van der Waals surface area contributed by atoms with Gasteiger partial charge in [0.1, 0.15) is 0 Å². The van der Waals surface area contributed by atoms with E-state index in [2.05, 4.69) is 6.92 Å². The van der Waals surface area contributed by atoms with Crippen LogP contribution in [-0.2, 0) is 7.05 Å². The Morgan fingerprint density at radius 3 is 2.78 bits per heavy atom. The van der Waals surface area contributed by atoms with Crippen LogP contribution >= 0.6 is 0 Å². The molecule has 4 heteroatoms. The number of unbranched alkanes of at least 4 members (excludes halogenated alkanes) is 1. The minimum Gasteiger partial charge on any atom is -0.336 e. The Hall–Kier alpha value is -1.58. The third kappa shape index (κ3) is 2.81. The third-order valence-electron chi connectivity index (χ3n) is 3.35. The molecule has 0 aromatic carbocycles. The van der Waals surface area contributed by atoms with Crippen molar-refractivity contribution in [2.24, 2.45) is 7.05 Å². The van der Waals surface area contributed by atoms with Crippen molar-refractivity contribution in [1.82, 2.24) is 9.47 Å². The second-order valence-corrected chi connectivity index (χ2v) is 4.95. The van der Waals surface area contributed by atoms with E-state index in [1.807, 2.05) is 4.90 Å². The van der Waals surface area contributed by atoms with Crippen molar-refractivity contribution in [3.05, 3.63) is 34.2 Å². The molecule has 2 rings (SSSR count). The van der Waals surface area contributed by atoms with Gasteiger partial charge in [-0.2, -0.15) is 0 Å². The van der Waals surface area contributed by atoms with Crippen LogP contribution in [0.2, 0.25) is 0 Å². The predicted molar refractivity (Wildman–Crippen MR) is 70.6 cm³/mol. The van der Waals surface area contributed by atoms with Gasteiger partial charge in [0.05, 0.1) is 0 Å². The van der Waals surface area contributed by atoms with Gasteiger partial charge in [-0.25, -0.2) is 0 Å². The first-order valence-corrected chi connectivity index (χ1v) is 6.61. The maximum atomic E-state index is 12.4. The molecule has 1 saturated carbocycles. The van der Waals surface area contributed by atoms with Gasteiger partial charge in [-0.3, -0.25) is 9.59 Å². The Labute approximate surface area is 107 Å². The van der Waals surface area contributed by atoms with Crippen molar-refractivity contribution in [3.8, 4) is 0 Å². The summed E-state index contributed by atoms with van der Waals surface area (Å²) in [7, 11) is 1.69. The fourth-order valence-corrected chi connectivity index (χ4v) is 2.01. The smallest absolute Gasteiger partial charge is 0.254 e. The molecule has 18 heavy (non-hydrogen) atoms. The molecule has 0 bridgehead atoms. The number of rotatable bonds is 5. The number of amides is 1. The largest absolute Gasteiger partial charge is 0.336 e. The third-order valence-corrected chi connectivity index (χ3v) is 3.35. The maximum Gasteiger partial charge on any atom is 0.254 e. The molecule has 0 spiro atoms. The van der Waals surface area contributed by atoms with Gasteiger partial charge in [-0.05, 0) is 25.3 Å². The number of hydrogen-bond donors (Lipinski definition) is 0. The summed E-state index contributed by atoms with van der Waals surface area (Å²) in [6.07, 6.45) is 5.95. The van der Waals surface area contributed by atoms with Crippen molar-refractivity contribution < 1.29 is 4.79 Å². The normalized spacial score (nSPS) is 14.6. The van der Waals surface area contributed by atoms with Crippen molar-refractivity contribution in [3.63, 3.8) is 0 Å². The highest BCUT2D eigenvalue weighted by Crippen LogP contribution is 2.28. The highest BCUT2D eigenvalue weighted by Gasteiger charge is 2.32. The van der Waals surface area contributed by atoms with Crippen molar-refractivity contribution >= 4 is 5.91 Å². The van der Waals surface area contributed by atoms with Gasteiger partial charge in [0.15, 0.2) is 0 Å². The zero-order valence-electron chi connectivity index (χ0n) is 11.1. The second kappa shape index (κ2) is 5.38. The van der Waals surface area contributed by atoms with Crippen LogP contribution in [0.25, 0.3) is 0 Å². The second-order valence-electron chi connectivity index (χ2n) is 4.95. The highest BCUT2D eigenvalue weighted by molar-refractivity contribution is 5.94. The van der Waals surface area contributed by atoms with E-state index in [4.69, 9.17) is 0 Å². The molecule has 98 valence electrons. The number of hydrogen-bond acceptors (Lipinski definition) is 2. The molecule has 1 heterocycles. The molecule has 0 atom stereocenters. The highest BCUT2D eigenvalue weighted by atomic mass is 16.2. The average molecular weight is 248 g/mol. The molecule has 1 aliphatic carbocycles. The monoisotopic (exact) mass is 248 g/mol. The van der Waals surface area contributed by atoms with E-state index in [1.165, 1.54) is 10.6 Å². The summed E-state index contributed by atoms with van der Waals surface area (Å²) < 4.78 is 1.48. The van der Waals surface area contributed by atoms with Gasteiger partial charge in [0.25, 0.3) is 11.5 Å². The summed E-state index contributed by atoms with van der Waals surface area (Å²) in [5.41, 5.74) is 0.383. The summed E-state index contributed by atoms with van der Waals surface area (Å²) >= 11 is 0. The predicted octanol–water partition coefficient (Wildman–Crippen LogP) is 1.79. The van der Waals surface area contributed by atoms with E-state index in [0.29, 0.717) is 11.6 Å².